The molecule has 0 fully saturated rings. The van der Waals surface area contributed by atoms with Gasteiger partial charge in [-0.05, 0) is 18.1 Å². The first kappa shape index (κ1) is 11.7. The van der Waals surface area contributed by atoms with Crippen molar-refractivity contribution in [3.05, 3.63) is 54.6 Å². The summed E-state index contributed by atoms with van der Waals surface area (Å²) in [6.45, 7) is 9.92. The molecule has 0 saturated heterocycles. The van der Waals surface area contributed by atoms with Crippen LogP contribution in [0.3, 0.4) is 0 Å². The lowest BCUT2D eigenvalue weighted by Crippen LogP contribution is -1.75. The number of hydrogen-bond acceptors (Lipinski definition) is 0. The predicted octanol–water partition coefficient (Wildman–Crippen LogP) is 4.30. The van der Waals surface area contributed by atoms with Crippen molar-refractivity contribution in [1.29, 1.82) is 0 Å². The summed E-state index contributed by atoms with van der Waals surface area (Å²) in [7, 11) is 0. The van der Waals surface area contributed by atoms with Gasteiger partial charge in [0.25, 0.3) is 0 Å². The third kappa shape index (κ3) is 4.32. The first-order valence-electron chi connectivity index (χ1n) is 4.71. The summed E-state index contributed by atoms with van der Waals surface area (Å²) in [6, 6.07) is 10.2. The lowest BCUT2D eigenvalue weighted by molar-refractivity contribution is 1.50. The van der Waals surface area contributed by atoms with Crippen molar-refractivity contribution < 1.29 is 0 Å². The zero-order valence-electron chi connectivity index (χ0n) is 8.75. The van der Waals surface area contributed by atoms with Gasteiger partial charge in [-0.15, -0.1) is 0 Å². The van der Waals surface area contributed by atoms with Crippen molar-refractivity contribution >= 4 is 5.57 Å². The number of hydrogen-bond donors (Lipinski definition) is 0. The first-order valence-corrected chi connectivity index (χ1v) is 4.71. The highest BCUT2D eigenvalue weighted by molar-refractivity contribution is 5.71. The average molecular weight is 174 g/mol. The summed E-state index contributed by atoms with van der Waals surface area (Å²) in [6.07, 6.45) is 4.00. The van der Waals surface area contributed by atoms with Crippen LogP contribution in [0.4, 0.5) is 0 Å². The van der Waals surface area contributed by atoms with E-state index in [4.69, 9.17) is 0 Å². The highest BCUT2D eigenvalue weighted by Gasteiger charge is 1.89. The molecule has 0 radical (unpaired) electrons. The van der Waals surface area contributed by atoms with E-state index in [2.05, 4.69) is 18.7 Å². The smallest absolute Gasteiger partial charge is 0.0190 e. The van der Waals surface area contributed by atoms with Gasteiger partial charge >= 0.3 is 0 Å². The van der Waals surface area contributed by atoms with E-state index in [1.54, 1.807) is 0 Å². The van der Waals surface area contributed by atoms with Crippen LogP contribution >= 0.6 is 0 Å². The molecule has 1 rings (SSSR count). The Morgan fingerprint density at radius 3 is 2.15 bits per heavy atom. The van der Waals surface area contributed by atoms with E-state index in [1.165, 1.54) is 5.56 Å². The normalized spacial score (nSPS) is 9.15. The summed E-state index contributed by atoms with van der Waals surface area (Å²) in [5.41, 5.74) is 2.25. The number of allylic oxidation sites excluding steroid dienone is 3. The van der Waals surface area contributed by atoms with E-state index in [1.807, 2.05) is 51.1 Å². The van der Waals surface area contributed by atoms with Gasteiger partial charge in [0.15, 0.2) is 0 Å². The Hall–Kier alpha value is -1.30. The van der Waals surface area contributed by atoms with Crippen LogP contribution in [0.5, 0.6) is 0 Å². The maximum atomic E-state index is 3.93. The Balaban J connectivity index is 0.000000671. The molecular formula is C13H18. The second kappa shape index (κ2) is 7.35. The van der Waals surface area contributed by atoms with Crippen LogP contribution in [-0.4, -0.2) is 0 Å². The van der Waals surface area contributed by atoms with Crippen molar-refractivity contribution in [2.75, 3.05) is 0 Å². The minimum Gasteiger partial charge on any atom is -0.0912 e. The van der Waals surface area contributed by atoms with Gasteiger partial charge in [0.2, 0.25) is 0 Å². The van der Waals surface area contributed by atoms with Gasteiger partial charge in [0.1, 0.15) is 0 Å². The van der Waals surface area contributed by atoms with E-state index in [-0.39, 0.29) is 0 Å². The molecule has 13 heavy (non-hydrogen) atoms. The van der Waals surface area contributed by atoms with E-state index >= 15 is 0 Å². The van der Waals surface area contributed by atoms with Crippen molar-refractivity contribution in [1.82, 2.24) is 0 Å². The van der Waals surface area contributed by atoms with Crippen LogP contribution in [0.15, 0.2) is 49.1 Å². The molecule has 0 atom stereocenters. The van der Waals surface area contributed by atoms with Crippen molar-refractivity contribution in [3.63, 3.8) is 0 Å². The summed E-state index contributed by atoms with van der Waals surface area (Å²) in [5, 5.41) is 0. The summed E-state index contributed by atoms with van der Waals surface area (Å²) < 4.78 is 0. The van der Waals surface area contributed by atoms with E-state index in [9.17, 15) is 0 Å². The van der Waals surface area contributed by atoms with Crippen molar-refractivity contribution in [2.24, 2.45) is 0 Å². The molecule has 0 N–H and O–H groups in total. The summed E-state index contributed by atoms with van der Waals surface area (Å²) >= 11 is 0. The Bertz CT molecular complexity index is 255. The first-order chi connectivity index (χ1) is 6.34. The standard InChI is InChI=1S/C11H12.C2H6/c1-3-7-10(2)11-8-5-4-6-9-11;1-2/h3-9H,2H2,1H3;1-2H3/b7-3-;. The lowest BCUT2D eigenvalue weighted by Gasteiger charge is -1.97. The number of rotatable bonds is 2. The van der Waals surface area contributed by atoms with Gasteiger partial charge < -0.3 is 0 Å². The van der Waals surface area contributed by atoms with Crippen molar-refractivity contribution in [3.8, 4) is 0 Å². The van der Waals surface area contributed by atoms with Gasteiger partial charge in [-0.1, -0.05) is 62.9 Å². The molecule has 0 aliphatic heterocycles. The Labute approximate surface area is 81.6 Å². The Kier molecular flexibility index (Phi) is 6.62. The predicted molar refractivity (Wildman–Crippen MR) is 61.6 cm³/mol. The van der Waals surface area contributed by atoms with Crippen LogP contribution in [0.2, 0.25) is 0 Å². The molecule has 1 aromatic rings. The zero-order chi connectivity index (χ0) is 10.1. The molecule has 0 amide bonds. The largest absolute Gasteiger partial charge is 0.0912 e. The highest BCUT2D eigenvalue weighted by Crippen LogP contribution is 2.11. The van der Waals surface area contributed by atoms with Crippen LogP contribution in [0.1, 0.15) is 26.3 Å². The number of benzene rings is 1. The van der Waals surface area contributed by atoms with Crippen LogP contribution < -0.4 is 0 Å². The molecule has 0 aliphatic carbocycles. The lowest BCUT2D eigenvalue weighted by atomic mass is 10.1. The molecule has 0 aromatic heterocycles. The summed E-state index contributed by atoms with van der Waals surface area (Å²) in [4.78, 5) is 0. The van der Waals surface area contributed by atoms with Gasteiger partial charge in [0, 0.05) is 0 Å². The van der Waals surface area contributed by atoms with Crippen LogP contribution in [0.25, 0.3) is 5.57 Å². The van der Waals surface area contributed by atoms with Crippen LogP contribution in [-0.2, 0) is 0 Å². The highest BCUT2D eigenvalue weighted by atomic mass is 13.9. The molecule has 0 spiro atoms. The fourth-order valence-electron chi connectivity index (χ4n) is 0.950. The molecule has 0 unspecified atom stereocenters. The van der Waals surface area contributed by atoms with Crippen molar-refractivity contribution in [2.45, 2.75) is 20.8 Å². The van der Waals surface area contributed by atoms with Gasteiger partial charge in [-0.3, -0.25) is 0 Å². The van der Waals surface area contributed by atoms with Gasteiger partial charge in [0.05, 0.1) is 0 Å². The zero-order valence-corrected chi connectivity index (χ0v) is 8.75. The maximum Gasteiger partial charge on any atom is -0.0190 e. The third-order valence-electron chi connectivity index (χ3n) is 1.51. The molecule has 70 valence electrons. The molecule has 0 heteroatoms. The SMILES string of the molecule is C=C(/C=C\C)c1ccccc1.CC. The van der Waals surface area contributed by atoms with E-state index < -0.39 is 0 Å². The maximum absolute atomic E-state index is 3.93. The molecule has 0 aliphatic rings. The molecule has 0 nitrogen and oxygen atoms in total. The molecule has 0 saturated carbocycles. The second-order valence-corrected chi connectivity index (χ2v) is 2.39. The fraction of sp³-hybridized carbons (Fsp3) is 0.231. The second-order valence-electron chi connectivity index (χ2n) is 2.39. The molecule has 1 aromatic carbocycles. The van der Waals surface area contributed by atoms with Gasteiger partial charge in [-0.2, -0.15) is 0 Å². The third-order valence-corrected chi connectivity index (χ3v) is 1.51. The van der Waals surface area contributed by atoms with E-state index in [0.29, 0.717) is 0 Å². The minimum atomic E-state index is 1.06. The van der Waals surface area contributed by atoms with E-state index in [0.717, 1.165) is 5.57 Å². The molecule has 0 heterocycles. The quantitative estimate of drug-likeness (QED) is 0.586. The molecule has 0 bridgehead atoms. The van der Waals surface area contributed by atoms with Gasteiger partial charge in [-0.25, -0.2) is 0 Å². The van der Waals surface area contributed by atoms with Crippen LogP contribution in [0, 0.1) is 0 Å². The minimum absolute atomic E-state index is 1.06. The topological polar surface area (TPSA) is 0 Å². The molecular weight excluding hydrogens is 156 g/mol. The summed E-state index contributed by atoms with van der Waals surface area (Å²) in [5.74, 6) is 0. The average Bonchev–Trinajstić information content (AvgIpc) is 2.23. The Morgan fingerprint density at radius 1 is 1.15 bits per heavy atom. The Morgan fingerprint density at radius 2 is 1.69 bits per heavy atom. The fourth-order valence-corrected chi connectivity index (χ4v) is 0.950. The monoisotopic (exact) mass is 174 g/mol.